The largest absolute Gasteiger partial charge is 0.433 e. The molecule has 1 aromatic heterocycles. The second-order valence-electron chi connectivity index (χ2n) is 4.83. The smallest absolute Gasteiger partial charge is 0.287 e. The van der Waals surface area contributed by atoms with Crippen molar-refractivity contribution in [3.05, 3.63) is 44.2 Å². The highest BCUT2D eigenvalue weighted by Crippen LogP contribution is 2.34. The lowest BCUT2D eigenvalue weighted by Gasteiger charge is -2.14. The molecule has 0 spiro atoms. The molecule has 0 aliphatic heterocycles. The van der Waals surface area contributed by atoms with E-state index in [4.69, 9.17) is 23.2 Å². The molecule has 0 aliphatic carbocycles. The van der Waals surface area contributed by atoms with Crippen molar-refractivity contribution < 1.29 is 21.6 Å². The molecule has 1 heterocycles. The molecule has 12 heteroatoms. The Hall–Kier alpha value is -1.62. The average Bonchev–Trinajstić information content (AvgIpc) is 2.48. The Bertz CT molecular complexity index is 1000. The Kier molecular flexibility index (Phi) is 5.20. The van der Waals surface area contributed by atoms with E-state index in [2.05, 4.69) is 5.10 Å². The van der Waals surface area contributed by atoms with Gasteiger partial charge >= 0.3 is 6.18 Å². The van der Waals surface area contributed by atoms with E-state index in [-0.39, 0.29) is 20.5 Å². The van der Waals surface area contributed by atoms with E-state index in [9.17, 15) is 26.4 Å². The normalized spacial score (nSPS) is 12.4. The fourth-order valence-corrected chi connectivity index (χ4v) is 3.60. The lowest BCUT2D eigenvalue weighted by Crippen LogP contribution is -2.23. The molecular formula is C13H10Cl2F3N3O3S. The fraction of sp³-hybridized carbons (Fsp3) is 0.231. The summed E-state index contributed by atoms with van der Waals surface area (Å²) in [5, 5.41) is 3.24. The van der Waals surface area contributed by atoms with Crippen LogP contribution in [-0.2, 0) is 23.2 Å². The summed E-state index contributed by atoms with van der Waals surface area (Å²) in [5.41, 5.74) is -2.92. The number of hydrogen-bond acceptors (Lipinski definition) is 4. The van der Waals surface area contributed by atoms with E-state index in [0.29, 0.717) is 10.7 Å². The number of aromatic nitrogens is 2. The van der Waals surface area contributed by atoms with Gasteiger partial charge in [-0.2, -0.15) is 18.3 Å². The Morgan fingerprint density at radius 2 is 1.76 bits per heavy atom. The molecule has 0 fully saturated rings. The summed E-state index contributed by atoms with van der Waals surface area (Å²) in [7, 11) is -1.84. The lowest BCUT2D eigenvalue weighted by molar-refractivity contribution is -0.144. The molecule has 0 amide bonds. The minimum Gasteiger partial charge on any atom is -0.287 e. The van der Waals surface area contributed by atoms with Crippen LogP contribution in [0.2, 0.25) is 10.0 Å². The van der Waals surface area contributed by atoms with E-state index < -0.39 is 33.0 Å². The Morgan fingerprint density at radius 3 is 2.28 bits per heavy atom. The van der Waals surface area contributed by atoms with E-state index >= 15 is 0 Å². The van der Waals surface area contributed by atoms with Gasteiger partial charge in [-0.05, 0) is 19.2 Å². The van der Waals surface area contributed by atoms with Crippen molar-refractivity contribution >= 4 is 33.2 Å². The number of rotatable bonds is 3. The highest BCUT2D eigenvalue weighted by molar-refractivity contribution is 7.89. The molecule has 6 nitrogen and oxygen atoms in total. The second-order valence-corrected chi connectivity index (χ2v) is 7.50. The summed E-state index contributed by atoms with van der Waals surface area (Å²) in [4.78, 5) is 11.7. The van der Waals surface area contributed by atoms with Gasteiger partial charge in [0.15, 0.2) is 0 Å². The SMILES string of the molecule is CNS(=O)(=O)c1cc(-c2nn(C)c(C(F)(F)F)cc2=O)c(Cl)cc1Cl. The van der Waals surface area contributed by atoms with Gasteiger partial charge in [-0.25, -0.2) is 13.1 Å². The minimum atomic E-state index is -4.77. The molecule has 0 saturated heterocycles. The topological polar surface area (TPSA) is 81.1 Å². The van der Waals surface area contributed by atoms with Crippen LogP contribution in [-0.4, -0.2) is 25.2 Å². The highest BCUT2D eigenvalue weighted by atomic mass is 35.5. The number of alkyl halides is 3. The Balaban J connectivity index is 2.78. The van der Waals surface area contributed by atoms with Crippen LogP contribution in [0.4, 0.5) is 13.2 Å². The summed E-state index contributed by atoms with van der Waals surface area (Å²) in [5.74, 6) is 0. The summed E-state index contributed by atoms with van der Waals surface area (Å²) >= 11 is 11.8. The van der Waals surface area contributed by atoms with Crippen LogP contribution in [0.15, 0.2) is 27.9 Å². The maximum atomic E-state index is 12.8. The zero-order valence-corrected chi connectivity index (χ0v) is 15.0. The van der Waals surface area contributed by atoms with Gasteiger partial charge in [-0.15, -0.1) is 0 Å². The van der Waals surface area contributed by atoms with Crippen LogP contribution < -0.4 is 10.2 Å². The molecule has 0 saturated carbocycles. The third-order valence-corrected chi connectivity index (χ3v) is 5.42. The van der Waals surface area contributed by atoms with Gasteiger partial charge < -0.3 is 0 Å². The van der Waals surface area contributed by atoms with Crippen LogP contribution in [0.1, 0.15) is 5.69 Å². The van der Waals surface area contributed by atoms with Gasteiger partial charge in [0.1, 0.15) is 16.3 Å². The number of sulfonamides is 1. The number of nitrogens with zero attached hydrogens (tertiary/aromatic N) is 2. The second kappa shape index (κ2) is 6.60. The highest BCUT2D eigenvalue weighted by Gasteiger charge is 2.35. The summed E-state index contributed by atoms with van der Waals surface area (Å²) < 4.78 is 64.9. The molecule has 1 N–H and O–H groups in total. The molecule has 0 radical (unpaired) electrons. The standard InChI is InChI=1S/C13H10Cl2F3N3O3S/c1-19-25(23,24)10-3-6(7(14)4-8(10)15)12-9(22)5-11(13(16,17)18)21(2)20-12/h3-5,19H,1-2H3. The number of nitrogens with one attached hydrogen (secondary N) is 1. The maximum absolute atomic E-state index is 12.8. The predicted octanol–water partition coefficient (Wildman–Crippen LogP) is 2.68. The zero-order chi connectivity index (χ0) is 19.2. The molecule has 2 aromatic rings. The van der Waals surface area contributed by atoms with Crippen LogP contribution in [0.5, 0.6) is 0 Å². The van der Waals surface area contributed by atoms with Crippen molar-refractivity contribution in [2.45, 2.75) is 11.1 Å². The fourth-order valence-electron chi connectivity index (χ4n) is 2.02. The number of aryl methyl sites for hydroxylation is 1. The van der Waals surface area contributed by atoms with Crippen LogP contribution >= 0.6 is 23.2 Å². The molecule has 0 atom stereocenters. The monoisotopic (exact) mass is 415 g/mol. The molecule has 2 rings (SSSR count). The first-order valence-corrected chi connectivity index (χ1v) is 8.71. The summed E-state index contributed by atoms with van der Waals surface area (Å²) in [6.07, 6.45) is -4.77. The van der Waals surface area contributed by atoms with E-state index in [1.807, 2.05) is 4.72 Å². The predicted molar refractivity (Wildman–Crippen MR) is 86.2 cm³/mol. The van der Waals surface area contributed by atoms with Crippen LogP contribution in [0.25, 0.3) is 11.3 Å². The third-order valence-electron chi connectivity index (χ3n) is 3.23. The Morgan fingerprint density at radius 1 is 1.16 bits per heavy atom. The van der Waals surface area contributed by atoms with E-state index in [1.54, 1.807) is 0 Å². The van der Waals surface area contributed by atoms with Gasteiger partial charge in [-0.1, -0.05) is 23.2 Å². The molecule has 0 bridgehead atoms. The van der Waals surface area contributed by atoms with Crippen molar-refractivity contribution in [3.63, 3.8) is 0 Å². The first kappa shape index (κ1) is 19.7. The molecular weight excluding hydrogens is 406 g/mol. The number of hydrogen-bond donors (Lipinski definition) is 1. The lowest BCUT2D eigenvalue weighted by atomic mass is 10.1. The summed E-state index contributed by atoms with van der Waals surface area (Å²) in [6.45, 7) is 0. The van der Waals surface area contributed by atoms with Crippen LogP contribution in [0, 0.1) is 0 Å². The summed E-state index contributed by atoms with van der Waals surface area (Å²) in [6, 6.07) is 2.41. The maximum Gasteiger partial charge on any atom is 0.433 e. The van der Waals surface area contributed by atoms with Crippen molar-refractivity contribution in [1.82, 2.24) is 14.5 Å². The Labute approximate surface area is 150 Å². The third kappa shape index (κ3) is 3.81. The van der Waals surface area contributed by atoms with E-state index in [1.165, 1.54) is 0 Å². The molecule has 0 unspecified atom stereocenters. The first-order valence-electron chi connectivity index (χ1n) is 6.47. The van der Waals surface area contributed by atoms with Crippen molar-refractivity contribution in [2.75, 3.05) is 7.05 Å². The first-order chi connectivity index (χ1) is 11.4. The van der Waals surface area contributed by atoms with Gasteiger partial charge in [0.25, 0.3) is 0 Å². The van der Waals surface area contributed by atoms with Gasteiger partial charge in [0, 0.05) is 18.7 Å². The quantitative estimate of drug-likeness (QED) is 0.835. The molecule has 0 aliphatic rings. The van der Waals surface area contributed by atoms with Crippen molar-refractivity contribution in [3.8, 4) is 11.3 Å². The molecule has 136 valence electrons. The molecule has 25 heavy (non-hydrogen) atoms. The van der Waals surface area contributed by atoms with Gasteiger partial charge in [0.05, 0.1) is 10.0 Å². The van der Waals surface area contributed by atoms with Crippen molar-refractivity contribution in [1.29, 1.82) is 0 Å². The van der Waals surface area contributed by atoms with Gasteiger partial charge in [-0.3, -0.25) is 9.48 Å². The average molecular weight is 416 g/mol. The number of halogens is 5. The van der Waals surface area contributed by atoms with Crippen LogP contribution in [0.3, 0.4) is 0 Å². The zero-order valence-electron chi connectivity index (χ0n) is 12.6. The molecule has 1 aromatic carbocycles. The van der Waals surface area contributed by atoms with Crippen molar-refractivity contribution in [2.24, 2.45) is 7.05 Å². The van der Waals surface area contributed by atoms with Gasteiger partial charge in [0.2, 0.25) is 15.5 Å². The van der Waals surface area contributed by atoms with E-state index in [0.717, 1.165) is 26.2 Å². The number of benzene rings is 1. The minimum absolute atomic E-state index is 0.135.